The first kappa shape index (κ1) is 19.8. The van der Waals surface area contributed by atoms with E-state index in [0.29, 0.717) is 21.2 Å². The summed E-state index contributed by atoms with van der Waals surface area (Å²) in [5, 5.41) is 6.64. The Morgan fingerprint density at radius 3 is 2.93 bits per heavy atom. The molecular formula is C23H24FIN4O. The number of aromatic nitrogens is 1. The highest BCUT2D eigenvalue weighted by Crippen LogP contribution is 2.39. The lowest BCUT2D eigenvalue weighted by molar-refractivity contribution is 0.181. The Bertz CT molecular complexity index is 1080. The molecule has 0 radical (unpaired) electrons. The molecule has 3 heterocycles. The van der Waals surface area contributed by atoms with Crippen LogP contribution in [0.15, 0.2) is 42.6 Å². The van der Waals surface area contributed by atoms with E-state index in [0.717, 1.165) is 10.9 Å². The number of hydrogen-bond acceptors (Lipinski definition) is 2. The highest BCUT2D eigenvalue weighted by atomic mass is 127. The second kappa shape index (κ2) is 8.19. The van der Waals surface area contributed by atoms with Crippen LogP contribution >= 0.6 is 22.6 Å². The molecule has 2 saturated heterocycles. The number of amides is 2. The van der Waals surface area contributed by atoms with Crippen LogP contribution in [0.1, 0.15) is 37.2 Å². The molecular weight excluding hydrogens is 494 g/mol. The SMILES string of the molecule is O=C(Nc1ccc2[nH]cc(C3CCN4CCCC4C3)c2c1)Nc1c(F)cccc1I. The maximum absolute atomic E-state index is 14.0. The van der Waals surface area contributed by atoms with Crippen LogP contribution in [-0.2, 0) is 0 Å². The lowest BCUT2D eigenvalue weighted by atomic mass is 9.85. The number of aromatic amines is 1. The van der Waals surface area contributed by atoms with Gasteiger partial charge in [-0.15, -0.1) is 0 Å². The number of halogens is 2. The summed E-state index contributed by atoms with van der Waals surface area (Å²) in [7, 11) is 0. The highest BCUT2D eigenvalue weighted by molar-refractivity contribution is 14.1. The first-order valence-corrected chi connectivity index (χ1v) is 11.5. The van der Waals surface area contributed by atoms with Gasteiger partial charge in [0.1, 0.15) is 5.82 Å². The van der Waals surface area contributed by atoms with Crippen molar-refractivity contribution in [3.63, 3.8) is 0 Å². The van der Waals surface area contributed by atoms with Gasteiger partial charge in [0, 0.05) is 32.4 Å². The topological polar surface area (TPSA) is 60.2 Å². The summed E-state index contributed by atoms with van der Waals surface area (Å²) in [5.41, 5.74) is 3.31. The Balaban J connectivity index is 1.34. The number of para-hydroxylation sites is 1. The molecule has 2 aromatic carbocycles. The van der Waals surface area contributed by atoms with Crippen molar-refractivity contribution in [2.24, 2.45) is 0 Å². The predicted octanol–water partition coefficient (Wildman–Crippen LogP) is 5.90. The maximum atomic E-state index is 14.0. The zero-order valence-corrected chi connectivity index (χ0v) is 18.7. The molecule has 5 rings (SSSR count). The number of rotatable bonds is 3. The van der Waals surface area contributed by atoms with Gasteiger partial charge in [-0.1, -0.05) is 6.07 Å². The van der Waals surface area contributed by atoms with Crippen molar-refractivity contribution in [2.75, 3.05) is 23.7 Å². The number of benzene rings is 2. The zero-order chi connectivity index (χ0) is 20.7. The van der Waals surface area contributed by atoms with Gasteiger partial charge >= 0.3 is 6.03 Å². The minimum atomic E-state index is -0.450. The molecule has 3 N–H and O–H groups in total. The molecule has 156 valence electrons. The first-order valence-electron chi connectivity index (χ1n) is 10.5. The summed E-state index contributed by atoms with van der Waals surface area (Å²) in [6.07, 6.45) is 7.13. The van der Waals surface area contributed by atoms with Crippen LogP contribution in [0.5, 0.6) is 0 Å². The fourth-order valence-electron chi connectivity index (χ4n) is 4.96. The normalized spacial score (nSPS) is 21.5. The largest absolute Gasteiger partial charge is 0.361 e. The average Bonchev–Trinajstić information content (AvgIpc) is 3.36. The van der Waals surface area contributed by atoms with E-state index in [1.807, 2.05) is 40.8 Å². The quantitative estimate of drug-likeness (QED) is 0.379. The Morgan fingerprint density at radius 2 is 2.07 bits per heavy atom. The van der Waals surface area contributed by atoms with Crippen molar-refractivity contribution >= 4 is 50.9 Å². The zero-order valence-electron chi connectivity index (χ0n) is 16.6. The van der Waals surface area contributed by atoms with Gasteiger partial charge in [0.25, 0.3) is 0 Å². The summed E-state index contributed by atoms with van der Waals surface area (Å²) in [6.45, 7) is 2.42. The van der Waals surface area contributed by atoms with Crippen molar-refractivity contribution < 1.29 is 9.18 Å². The van der Waals surface area contributed by atoms with Crippen LogP contribution in [0.4, 0.5) is 20.6 Å². The van der Waals surface area contributed by atoms with Crippen molar-refractivity contribution in [1.82, 2.24) is 9.88 Å². The maximum Gasteiger partial charge on any atom is 0.323 e. The molecule has 30 heavy (non-hydrogen) atoms. The van der Waals surface area contributed by atoms with Gasteiger partial charge in [-0.3, -0.25) is 0 Å². The van der Waals surface area contributed by atoms with E-state index in [1.165, 1.54) is 50.4 Å². The second-order valence-electron chi connectivity index (χ2n) is 8.23. The molecule has 2 aliphatic rings. The van der Waals surface area contributed by atoms with Gasteiger partial charge in [-0.05, 0) is 103 Å². The van der Waals surface area contributed by atoms with E-state index in [9.17, 15) is 9.18 Å². The van der Waals surface area contributed by atoms with Crippen molar-refractivity contribution in [1.29, 1.82) is 0 Å². The Kier molecular flexibility index (Phi) is 5.41. The molecule has 0 saturated carbocycles. The third-order valence-corrected chi connectivity index (χ3v) is 7.33. The van der Waals surface area contributed by atoms with E-state index in [2.05, 4.69) is 26.7 Å². The molecule has 5 nitrogen and oxygen atoms in total. The summed E-state index contributed by atoms with van der Waals surface area (Å²) >= 11 is 2.01. The fourth-order valence-corrected chi connectivity index (χ4v) is 5.56. The van der Waals surface area contributed by atoms with Crippen LogP contribution in [0, 0.1) is 9.39 Å². The molecule has 3 aromatic rings. The highest BCUT2D eigenvalue weighted by Gasteiger charge is 2.33. The third-order valence-electron chi connectivity index (χ3n) is 6.43. The van der Waals surface area contributed by atoms with Crippen LogP contribution in [0.3, 0.4) is 0 Å². The fraction of sp³-hybridized carbons (Fsp3) is 0.348. The van der Waals surface area contributed by atoms with E-state index in [1.54, 1.807) is 12.1 Å². The smallest absolute Gasteiger partial charge is 0.323 e. The van der Waals surface area contributed by atoms with E-state index in [4.69, 9.17) is 0 Å². The second-order valence-corrected chi connectivity index (χ2v) is 9.40. The number of H-pyrrole nitrogens is 1. The molecule has 2 amide bonds. The number of carbonyl (C=O) groups is 1. The van der Waals surface area contributed by atoms with Gasteiger partial charge in [-0.25, -0.2) is 9.18 Å². The minimum Gasteiger partial charge on any atom is -0.361 e. The van der Waals surface area contributed by atoms with E-state index in [-0.39, 0.29) is 5.69 Å². The van der Waals surface area contributed by atoms with Crippen LogP contribution in [0.25, 0.3) is 10.9 Å². The molecule has 2 aliphatic heterocycles. The predicted molar refractivity (Wildman–Crippen MR) is 127 cm³/mol. The lowest BCUT2D eigenvalue weighted by Gasteiger charge is -2.34. The van der Waals surface area contributed by atoms with E-state index < -0.39 is 11.8 Å². The number of fused-ring (bicyclic) bond motifs is 2. The standard InChI is InChI=1S/C23H24FIN4O/c24-19-4-1-5-20(25)22(19)28-23(30)27-15-6-7-21-17(12-15)18(13-26-21)14-8-10-29-9-2-3-16(29)11-14/h1,4-7,12-14,16,26H,2-3,8-11H2,(H2,27,28,30). The lowest BCUT2D eigenvalue weighted by Crippen LogP contribution is -2.37. The first-order chi connectivity index (χ1) is 14.6. The van der Waals surface area contributed by atoms with Gasteiger partial charge in [-0.2, -0.15) is 0 Å². The Morgan fingerprint density at radius 1 is 1.17 bits per heavy atom. The molecule has 1 aromatic heterocycles. The minimum absolute atomic E-state index is 0.197. The number of anilines is 2. The van der Waals surface area contributed by atoms with Crippen LogP contribution in [0.2, 0.25) is 0 Å². The average molecular weight is 518 g/mol. The molecule has 0 aliphatic carbocycles. The number of nitrogens with one attached hydrogen (secondary N) is 3. The van der Waals surface area contributed by atoms with Crippen molar-refractivity contribution in [2.45, 2.75) is 37.6 Å². The Hall–Kier alpha value is -2.13. The number of hydrogen-bond donors (Lipinski definition) is 3. The summed E-state index contributed by atoms with van der Waals surface area (Å²) in [5.74, 6) is 0.0980. The number of nitrogens with zero attached hydrogens (tertiary/aromatic N) is 1. The van der Waals surface area contributed by atoms with Crippen molar-refractivity contribution in [3.05, 3.63) is 57.5 Å². The number of carbonyl (C=O) groups excluding carboxylic acids is 1. The third kappa shape index (κ3) is 3.80. The van der Waals surface area contributed by atoms with Gasteiger partial charge in [0.15, 0.2) is 0 Å². The molecule has 0 bridgehead atoms. The summed E-state index contributed by atoms with van der Waals surface area (Å²) in [6, 6.07) is 10.9. The monoisotopic (exact) mass is 518 g/mol. The van der Waals surface area contributed by atoms with Crippen LogP contribution < -0.4 is 10.6 Å². The summed E-state index contributed by atoms with van der Waals surface area (Å²) in [4.78, 5) is 18.5. The van der Waals surface area contributed by atoms with E-state index >= 15 is 0 Å². The molecule has 0 spiro atoms. The Labute approximate surface area is 188 Å². The van der Waals surface area contributed by atoms with Gasteiger partial charge < -0.3 is 20.5 Å². The number of piperidine rings is 1. The van der Waals surface area contributed by atoms with Gasteiger partial charge in [0.2, 0.25) is 0 Å². The number of urea groups is 1. The van der Waals surface area contributed by atoms with Gasteiger partial charge in [0.05, 0.1) is 5.69 Å². The van der Waals surface area contributed by atoms with Crippen molar-refractivity contribution in [3.8, 4) is 0 Å². The molecule has 2 unspecified atom stereocenters. The molecule has 7 heteroatoms. The summed E-state index contributed by atoms with van der Waals surface area (Å²) < 4.78 is 14.7. The van der Waals surface area contributed by atoms with Crippen LogP contribution in [-0.4, -0.2) is 35.0 Å². The molecule has 2 atom stereocenters. The molecule has 2 fully saturated rings.